The van der Waals surface area contributed by atoms with Crippen LogP contribution in [0.15, 0.2) is 78.9 Å². The van der Waals surface area contributed by atoms with Crippen LogP contribution in [0.5, 0.6) is 5.75 Å². The molecular weight excluding hydrogens is 416 g/mol. The summed E-state index contributed by atoms with van der Waals surface area (Å²) in [6.07, 6.45) is 1.56. The van der Waals surface area contributed by atoms with Crippen molar-refractivity contribution in [1.82, 2.24) is 4.90 Å². The Morgan fingerprint density at radius 3 is 1.91 bits per heavy atom. The quantitative estimate of drug-likeness (QED) is 0.397. The summed E-state index contributed by atoms with van der Waals surface area (Å²) >= 11 is 0. The van der Waals surface area contributed by atoms with Gasteiger partial charge in [0, 0.05) is 18.7 Å². The fourth-order valence-electron chi connectivity index (χ4n) is 4.45. The summed E-state index contributed by atoms with van der Waals surface area (Å²) in [5.74, 6) is 0.161. The van der Waals surface area contributed by atoms with Crippen molar-refractivity contribution in [3.63, 3.8) is 0 Å². The first-order valence-corrected chi connectivity index (χ1v) is 11.2. The molecule has 0 spiro atoms. The minimum absolute atomic E-state index is 0.0831. The van der Waals surface area contributed by atoms with Crippen LogP contribution >= 0.6 is 0 Å². The smallest absolute Gasteiger partial charge is 0.272 e. The third-order valence-corrected chi connectivity index (χ3v) is 6.14. The molecule has 2 aliphatic heterocycles. The van der Waals surface area contributed by atoms with E-state index >= 15 is 0 Å². The molecule has 166 valence electrons. The molecule has 33 heavy (non-hydrogen) atoms. The molecule has 0 saturated carbocycles. The molecule has 2 heterocycles. The Hall–Kier alpha value is -3.93. The van der Waals surface area contributed by atoms with E-state index in [0.717, 1.165) is 24.1 Å². The van der Waals surface area contributed by atoms with E-state index in [1.54, 1.807) is 29.2 Å². The lowest BCUT2D eigenvalue weighted by molar-refractivity contribution is -0.126. The van der Waals surface area contributed by atoms with Gasteiger partial charge in [-0.15, -0.1) is 0 Å². The number of unbranched alkanes of at least 4 members (excludes halogenated alkanes) is 2. The number of anilines is 1. The number of imide groups is 1. The number of hydrogen-bond donors (Lipinski definition) is 0. The van der Waals surface area contributed by atoms with Crippen LogP contribution in [0.4, 0.5) is 5.69 Å². The van der Waals surface area contributed by atoms with Crippen LogP contribution in [0.3, 0.4) is 0 Å². The van der Waals surface area contributed by atoms with Crippen LogP contribution in [0.1, 0.15) is 51.6 Å². The summed E-state index contributed by atoms with van der Waals surface area (Å²) in [4.78, 5) is 41.4. The molecule has 0 bridgehead atoms. The summed E-state index contributed by atoms with van der Waals surface area (Å²) in [5.41, 5.74) is 2.55. The predicted molar refractivity (Wildman–Crippen MR) is 124 cm³/mol. The average Bonchev–Trinajstić information content (AvgIpc) is 3.10. The highest BCUT2D eigenvalue weighted by Gasteiger charge is 2.36. The maximum absolute atomic E-state index is 13.3. The number of carbonyl (C=O) groups excluding carboxylic acids is 3. The zero-order chi connectivity index (χ0) is 22.8. The molecule has 1 unspecified atom stereocenters. The lowest BCUT2D eigenvalue weighted by atomic mass is 10.0. The number of carbonyl (C=O) groups is 3. The summed E-state index contributed by atoms with van der Waals surface area (Å²) < 4.78 is 6.04. The van der Waals surface area contributed by atoms with Crippen molar-refractivity contribution < 1.29 is 19.1 Å². The van der Waals surface area contributed by atoms with Crippen LogP contribution in [0.2, 0.25) is 0 Å². The van der Waals surface area contributed by atoms with Crippen molar-refractivity contribution in [2.75, 3.05) is 18.0 Å². The molecule has 6 heteroatoms. The van der Waals surface area contributed by atoms with Crippen molar-refractivity contribution in [2.24, 2.45) is 0 Å². The average molecular weight is 440 g/mol. The number of ether oxygens (including phenoxy) is 1. The zero-order valence-corrected chi connectivity index (χ0v) is 18.1. The fourth-order valence-corrected chi connectivity index (χ4v) is 4.45. The van der Waals surface area contributed by atoms with E-state index in [1.807, 2.05) is 54.6 Å². The number of amides is 3. The van der Waals surface area contributed by atoms with E-state index in [-0.39, 0.29) is 17.7 Å². The summed E-state index contributed by atoms with van der Waals surface area (Å²) in [7, 11) is 0. The van der Waals surface area contributed by atoms with Crippen molar-refractivity contribution >= 4 is 23.4 Å². The predicted octanol–water partition coefficient (Wildman–Crippen LogP) is 4.62. The molecule has 0 aliphatic carbocycles. The van der Waals surface area contributed by atoms with Gasteiger partial charge in [0.05, 0.1) is 16.8 Å². The van der Waals surface area contributed by atoms with E-state index < -0.39 is 6.10 Å². The largest absolute Gasteiger partial charge is 0.474 e. The van der Waals surface area contributed by atoms with E-state index in [9.17, 15) is 14.4 Å². The monoisotopic (exact) mass is 440 g/mol. The van der Waals surface area contributed by atoms with Gasteiger partial charge in [-0.05, 0) is 43.5 Å². The van der Waals surface area contributed by atoms with Gasteiger partial charge in [0.25, 0.3) is 17.7 Å². The third-order valence-electron chi connectivity index (χ3n) is 6.14. The Kier molecular flexibility index (Phi) is 5.65. The second-order valence-corrected chi connectivity index (χ2v) is 8.23. The van der Waals surface area contributed by atoms with Crippen LogP contribution in [0.25, 0.3) is 0 Å². The van der Waals surface area contributed by atoms with Crippen LogP contribution in [-0.4, -0.2) is 35.7 Å². The SMILES string of the molecule is O=C1c2ccccc2C(=O)N1CCCCCN1C(=O)C(c2ccccc2)Oc2ccccc21. The highest BCUT2D eigenvalue weighted by atomic mass is 16.5. The zero-order valence-electron chi connectivity index (χ0n) is 18.1. The first kappa shape index (κ1) is 20.9. The molecule has 1 atom stereocenters. The van der Waals surface area contributed by atoms with Gasteiger partial charge in [0.15, 0.2) is 0 Å². The summed E-state index contributed by atoms with van der Waals surface area (Å²) in [6.45, 7) is 0.928. The fraction of sp³-hybridized carbons (Fsp3) is 0.222. The minimum atomic E-state index is -0.667. The number of fused-ring (bicyclic) bond motifs is 2. The van der Waals surface area contributed by atoms with Crippen LogP contribution in [-0.2, 0) is 4.79 Å². The maximum Gasteiger partial charge on any atom is 0.272 e. The molecular formula is C27H24N2O4. The molecule has 6 nitrogen and oxygen atoms in total. The molecule has 3 aromatic rings. The maximum atomic E-state index is 13.3. The van der Waals surface area contributed by atoms with Gasteiger partial charge in [0.1, 0.15) is 5.75 Å². The first-order valence-electron chi connectivity index (χ1n) is 11.2. The summed E-state index contributed by atoms with van der Waals surface area (Å²) in [5, 5.41) is 0. The van der Waals surface area contributed by atoms with Gasteiger partial charge >= 0.3 is 0 Å². The Morgan fingerprint density at radius 2 is 1.21 bits per heavy atom. The number of nitrogens with zero attached hydrogens (tertiary/aromatic N) is 2. The Balaban J connectivity index is 1.21. The highest BCUT2D eigenvalue weighted by molar-refractivity contribution is 6.21. The lowest BCUT2D eigenvalue weighted by Crippen LogP contribution is -2.41. The van der Waals surface area contributed by atoms with E-state index in [4.69, 9.17) is 4.74 Å². The van der Waals surface area contributed by atoms with Gasteiger partial charge in [-0.25, -0.2) is 0 Å². The second-order valence-electron chi connectivity index (χ2n) is 8.23. The van der Waals surface area contributed by atoms with Crippen molar-refractivity contribution in [2.45, 2.75) is 25.4 Å². The standard InChI is InChI=1S/C27H24N2O4/c30-25-20-13-5-6-14-21(20)26(31)29(25)18-10-2-9-17-28-22-15-7-8-16-23(22)33-24(27(28)32)19-11-3-1-4-12-19/h1,3-8,11-16,24H,2,9-10,17-18H2. The van der Waals surface area contributed by atoms with Crippen LogP contribution in [0, 0.1) is 0 Å². The number of para-hydroxylation sites is 2. The van der Waals surface area contributed by atoms with E-state index in [2.05, 4.69) is 0 Å². The number of benzene rings is 3. The van der Waals surface area contributed by atoms with Crippen molar-refractivity contribution in [3.05, 3.63) is 95.6 Å². The van der Waals surface area contributed by atoms with Gasteiger partial charge < -0.3 is 9.64 Å². The number of rotatable bonds is 7. The topological polar surface area (TPSA) is 66.9 Å². The molecule has 0 aromatic heterocycles. The Morgan fingerprint density at radius 1 is 0.636 bits per heavy atom. The highest BCUT2D eigenvalue weighted by Crippen LogP contribution is 2.38. The van der Waals surface area contributed by atoms with Gasteiger partial charge in [-0.2, -0.15) is 0 Å². The van der Waals surface area contributed by atoms with Gasteiger partial charge in [-0.3, -0.25) is 19.3 Å². The number of hydrogen-bond acceptors (Lipinski definition) is 4. The van der Waals surface area contributed by atoms with Gasteiger partial charge in [-0.1, -0.05) is 54.6 Å². The van der Waals surface area contributed by atoms with Crippen molar-refractivity contribution in [3.8, 4) is 5.75 Å². The second kappa shape index (κ2) is 8.90. The summed E-state index contributed by atoms with van der Waals surface area (Å²) in [6, 6.07) is 24.0. The normalized spacial score (nSPS) is 17.1. The molecule has 0 saturated heterocycles. The van der Waals surface area contributed by atoms with Crippen LogP contribution < -0.4 is 9.64 Å². The van der Waals surface area contributed by atoms with Crippen molar-refractivity contribution in [1.29, 1.82) is 0 Å². The van der Waals surface area contributed by atoms with E-state index in [0.29, 0.717) is 36.4 Å². The molecule has 0 fully saturated rings. The lowest BCUT2D eigenvalue weighted by Gasteiger charge is -2.34. The molecule has 3 amide bonds. The third kappa shape index (κ3) is 3.89. The van der Waals surface area contributed by atoms with Gasteiger partial charge in [0.2, 0.25) is 6.10 Å². The molecule has 5 rings (SSSR count). The molecule has 3 aromatic carbocycles. The Labute approximate surface area is 192 Å². The molecule has 0 radical (unpaired) electrons. The Bertz CT molecular complexity index is 1170. The molecule has 0 N–H and O–H groups in total. The first-order chi connectivity index (χ1) is 16.1. The molecule has 2 aliphatic rings. The van der Waals surface area contributed by atoms with E-state index in [1.165, 1.54) is 4.90 Å². The minimum Gasteiger partial charge on any atom is -0.474 e.